The van der Waals surface area contributed by atoms with Gasteiger partial charge in [0, 0.05) is 0 Å². The van der Waals surface area contributed by atoms with Gasteiger partial charge in [-0.1, -0.05) is 32.9 Å². The second-order valence-electron chi connectivity index (χ2n) is 5.55. The van der Waals surface area contributed by atoms with Crippen LogP contribution in [0.3, 0.4) is 0 Å². The molecule has 1 rings (SSSR count). The summed E-state index contributed by atoms with van der Waals surface area (Å²) in [4.78, 5) is 34.5. The summed E-state index contributed by atoms with van der Waals surface area (Å²) in [5.74, 6) is -0.721. The highest BCUT2D eigenvalue weighted by atomic mass is 16.5. The fraction of sp³-hybridized carbons (Fsp3) is 0.438. The summed E-state index contributed by atoms with van der Waals surface area (Å²) in [7, 11) is 0. The fourth-order valence-electron chi connectivity index (χ4n) is 1.90. The minimum absolute atomic E-state index is 0.192. The van der Waals surface area contributed by atoms with E-state index in [9.17, 15) is 14.4 Å². The normalized spacial score (nSPS) is 11.5. The molecule has 0 saturated carbocycles. The average molecular weight is 336 g/mol. The molecule has 0 aliphatic carbocycles. The minimum atomic E-state index is -0.842. The number of nitrogens with two attached hydrogens (primary N) is 1. The van der Waals surface area contributed by atoms with Crippen LogP contribution in [0.1, 0.15) is 26.3 Å². The third-order valence-corrected chi connectivity index (χ3v) is 3.27. The van der Waals surface area contributed by atoms with Crippen molar-refractivity contribution in [3.05, 3.63) is 29.8 Å². The first-order valence-corrected chi connectivity index (χ1v) is 7.69. The van der Waals surface area contributed by atoms with Gasteiger partial charge in [-0.15, -0.1) is 0 Å². The number of hydrogen-bond donors (Lipinski definition) is 4. The number of nitrogens with one attached hydrogen (secondary N) is 3. The van der Waals surface area contributed by atoms with Crippen LogP contribution in [0.2, 0.25) is 0 Å². The van der Waals surface area contributed by atoms with E-state index in [0.29, 0.717) is 5.75 Å². The topological polar surface area (TPSA) is 123 Å². The van der Waals surface area contributed by atoms with Crippen molar-refractivity contribution in [3.63, 3.8) is 0 Å². The Labute approximate surface area is 141 Å². The van der Waals surface area contributed by atoms with Crippen molar-refractivity contribution < 1.29 is 19.1 Å². The molecule has 24 heavy (non-hydrogen) atoms. The van der Waals surface area contributed by atoms with Crippen molar-refractivity contribution in [1.82, 2.24) is 16.2 Å². The summed E-state index contributed by atoms with van der Waals surface area (Å²) in [5.41, 5.74) is 10.7. The Bertz CT molecular complexity index is 572. The molecule has 1 atom stereocenters. The van der Waals surface area contributed by atoms with E-state index < -0.39 is 23.9 Å². The highest BCUT2D eigenvalue weighted by Gasteiger charge is 2.23. The molecule has 8 heteroatoms. The zero-order valence-corrected chi connectivity index (χ0v) is 14.1. The van der Waals surface area contributed by atoms with Crippen LogP contribution < -0.4 is 26.6 Å². The summed E-state index contributed by atoms with van der Waals surface area (Å²) in [6.07, 6.45) is 0.920. The van der Waals surface area contributed by atoms with Gasteiger partial charge in [-0.2, -0.15) is 0 Å². The Balaban J connectivity index is 2.41. The van der Waals surface area contributed by atoms with E-state index in [1.807, 2.05) is 19.1 Å². The SMILES string of the molecule is CCc1ccc(OCC(=O)NNC(=O)C(NC(N)=O)C(C)C)cc1. The molecule has 0 fully saturated rings. The first-order chi connectivity index (χ1) is 11.3. The number of aryl methyl sites for hydroxylation is 1. The van der Waals surface area contributed by atoms with E-state index in [-0.39, 0.29) is 12.5 Å². The van der Waals surface area contributed by atoms with Gasteiger partial charge in [0.15, 0.2) is 6.61 Å². The van der Waals surface area contributed by atoms with Crippen LogP contribution in [0.4, 0.5) is 4.79 Å². The van der Waals surface area contributed by atoms with E-state index >= 15 is 0 Å². The van der Waals surface area contributed by atoms with E-state index in [1.54, 1.807) is 26.0 Å². The number of benzene rings is 1. The zero-order valence-electron chi connectivity index (χ0n) is 14.1. The summed E-state index contributed by atoms with van der Waals surface area (Å²) >= 11 is 0. The largest absolute Gasteiger partial charge is 0.484 e. The maximum absolute atomic E-state index is 11.9. The molecule has 0 radical (unpaired) electrons. The summed E-state index contributed by atoms with van der Waals surface area (Å²) in [6, 6.07) is 5.72. The van der Waals surface area contributed by atoms with E-state index in [0.717, 1.165) is 6.42 Å². The molecular formula is C16H24N4O4. The van der Waals surface area contributed by atoms with Gasteiger partial charge in [-0.05, 0) is 30.0 Å². The molecule has 0 aliphatic heterocycles. The number of urea groups is 1. The third-order valence-electron chi connectivity index (χ3n) is 3.27. The Morgan fingerprint density at radius 1 is 1.12 bits per heavy atom. The first kappa shape index (κ1) is 19.3. The highest BCUT2D eigenvalue weighted by molar-refractivity contribution is 5.88. The summed E-state index contributed by atoms with van der Waals surface area (Å²) < 4.78 is 5.32. The van der Waals surface area contributed by atoms with Crippen LogP contribution in [0.5, 0.6) is 5.75 Å². The van der Waals surface area contributed by atoms with Crippen molar-refractivity contribution in [2.24, 2.45) is 11.7 Å². The number of rotatable bonds is 7. The van der Waals surface area contributed by atoms with E-state index in [1.165, 1.54) is 5.56 Å². The number of ether oxygens (including phenoxy) is 1. The lowest BCUT2D eigenvalue weighted by atomic mass is 10.0. The molecule has 0 bridgehead atoms. The van der Waals surface area contributed by atoms with Gasteiger partial charge in [-0.3, -0.25) is 20.4 Å². The molecule has 132 valence electrons. The maximum Gasteiger partial charge on any atom is 0.312 e. The lowest BCUT2D eigenvalue weighted by molar-refractivity contribution is -0.131. The molecule has 0 aliphatic rings. The molecule has 5 N–H and O–H groups in total. The number of primary amides is 1. The predicted octanol–water partition coefficient (Wildman–Crippen LogP) is 0.468. The van der Waals surface area contributed by atoms with Crippen LogP contribution in [0, 0.1) is 5.92 Å². The third kappa shape index (κ3) is 6.55. The first-order valence-electron chi connectivity index (χ1n) is 7.69. The predicted molar refractivity (Wildman–Crippen MR) is 88.9 cm³/mol. The number of hydrazine groups is 1. The van der Waals surface area contributed by atoms with Crippen LogP contribution >= 0.6 is 0 Å². The smallest absolute Gasteiger partial charge is 0.312 e. The van der Waals surface area contributed by atoms with Crippen LogP contribution in [0.15, 0.2) is 24.3 Å². The fourth-order valence-corrected chi connectivity index (χ4v) is 1.90. The number of hydrogen-bond acceptors (Lipinski definition) is 4. The molecule has 0 saturated heterocycles. The number of amides is 4. The summed E-state index contributed by atoms with van der Waals surface area (Å²) in [6.45, 7) is 5.28. The van der Waals surface area contributed by atoms with Crippen LogP contribution in [-0.4, -0.2) is 30.5 Å². The Morgan fingerprint density at radius 3 is 2.25 bits per heavy atom. The Morgan fingerprint density at radius 2 is 1.75 bits per heavy atom. The van der Waals surface area contributed by atoms with Crippen molar-refractivity contribution in [2.45, 2.75) is 33.2 Å². The molecule has 0 heterocycles. The maximum atomic E-state index is 11.9. The Hall–Kier alpha value is -2.77. The van der Waals surface area contributed by atoms with Crippen molar-refractivity contribution in [1.29, 1.82) is 0 Å². The van der Waals surface area contributed by atoms with E-state index in [2.05, 4.69) is 16.2 Å². The lowest BCUT2D eigenvalue weighted by Crippen LogP contribution is -2.55. The van der Waals surface area contributed by atoms with Gasteiger partial charge in [0.25, 0.3) is 11.8 Å². The molecule has 0 aromatic heterocycles. The molecule has 1 aromatic carbocycles. The van der Waals surface area contributed by atoms with Gasteiger partial charge < -0.3 is 15.8 Å². The van der Waals surface area contributed by atoms with Gasteiger partial charge >= 0.3 is 6.03 Å². The zero-order chi connectivity index (χ0) is 18.1. The summed E-state index contributed by atoms with van der Waals surface area (Å²) in [5, 5.41) is 2.32. The molecular weight excluding hydrogens is 312 g/mol. The lowest BCUT2D eigenvalue weighted by Gasteiger charge is -2.20. The molecule has 0 spiro atoms. The molecule has 8 nitrogen and oxygen atoms in total. The van der Waals surface area contributed by atoms with Crippen LogP contribution in [-0.2, 0) is 16.0 Å². The highest BCUT2D eigenvalue weighted by Crippen LogP contribution is 2.12. The van der Waals surface area contributed by atoms with Crippen molar-refractivity contribution >= 4 is 17.8 Å². The average Bonchev–Trinajstić information content (AvgIpc) is 2.55. The molecule has 1 unspecified atom stereocenters. The van der Waals surface area contributed by atoms with Gasteiger partial charge in [-0.25, -0.2) is 4.79 Å². The quantitative estimate of drug-likeness (QED) is 0.540. The second kappa shape index (κ2) is 9.39. The standard InChI is InChI=1S/C16H24N4O4/c1-4-11-5-7-12(8-6-11)24-9-13(21)19-20-15(22)14(10(2)3)18-16(17)23/h5-8,10,14H,4,9H2,1-3H3,(H,19,21)(H,20,22)(H3,17,18,23). The van der Waals surface area contributed by atoms with E-state index in [4.69, 9.17) is 10.5 Å². The van der Waals surface area contributed by atoms with Gasteiger partial charge in [0.1, 0.15) is 11.8 Å². The number of carbonyl (C=O) groups is 3. The van der Waals surface area contributed by atoms with Gasteiger partial charge in [0.05, 0.1) is 0 Å². The minimum Gasteiger partial charge on any atom is -0.484 e. The van der Waals surface area contributed by atoms with Gasteiger partial charge in [0.2, 0.25) is 0 Å². The van der Waals surface area contributed by atoms with Crippen molar-refractivity contribution in [2.75, 3.05) is 6.61 Å². The molecule has 4 amide bonds. The van der Waals surface area contributed by atoms with Crippen LogP contribution in [0.25, 0.3) is 0 Å². The molecule has 1 aromatic rings. The Kier molecular flexibility index (Phi) is 7.54. The van der Waals surface area contributed by atoms with Crippen molar-refractivity contribution in [3.8, 4) is 5.75 Å². The monoisotopic (exact) mass is 336 g/mol. The number of carbonyl (C=O) groups excluding carboxylic acids is 3. The second-order valence-corrected chi connectivity index (χ2v) is 5.55.